The van der Waals surface area contributed by atoms with Gasteiger partial charge in [-0.3, -0.25) is 0 Å². The van der Waals surface area contributed by atoms with E-state index in [9.17, 15) is 13.2 Å². The Morgan fingerprint density at radius 3 is 2.84 bits per heavy atom. The summed E-state index contributed by atoms with van der Waals surface area (Å²) in [6.07, 6.45) is 1.45. The predicted molar refractivity (Wildman–Crippen MR) is 71.9 cm³/mol. The van der Waals surface area contributed by atoms with Crippen LogP contribution in [0, 0.1) is 0 Å². The predicted octanol–water partition coefficient (Wildman–Crippen LogP) is 1.05. The summed E-state index contributed by atoms with van der Waals surface area (Å²) in [5, 5.41) is 11.7. The molecular weight excluding hydrogens is 266 g/mol. The van der Waals surface area contributed by atoms with Gasteiger partial charge >= 0.3 is 5.97 Å². The van der Waals surface area contributed by atoms with Crippen molar-refractivity contribution >= 4 is 15.8 Å². The summed E-state index contributed by atoms with van der Waals surface area (Å²) in [6.45, 7) is 0.909. The first-order valence-electron chi connectivity index (χ1n) is 6.23. The Kier molecular flexibility index (Phi) is 4.21. The lowest BCUT2D eigenvalue weighted by Gasteiger charge is -2.11. The molecule has 1 aromatic rings. The van der Waals surface area contributed by atoms with Crippen LogP contribution < -0.4 is 5.32 Å². The smallest absolute Gasteiger partial charge is 0.335 e. The zero-order chi connectivity index (χ0) is 13.9. The number of benzene rings is 1. The second kappa shape index (κ2) is 5.71. The number of carboxylic acids is 1. The van der Waals surface area contributed by atoms with Gasteiger partial charge in [-0.25, -0.2) is 13.2 Å². The number of hydrogen-bond acceptors (Lipinski definition) is 4. The van der Waals surface area contributed by atoms with Crippen molar-refractivity contribution in [3.8, 4) is 0 Å². The minimum absolute atomic E-state index is 0.243. The van der Waals surface area contributed by atoms with Crippen molar-refractivity contribution in [3.05, 3.63) is 35.4 Å². The van der Waals surface area contributed by atoms with Crippen LogP contribution in [0.2, 0.25) is 0 Å². The lowest BCUT2D eigenvalue weighted by atomic mass is 10.1. The molecule has 1 aliphatic heterocycles. The van der Waals surface area contributed by atoms with E-state index in [1.165, 1.54) is 6.07 Å². The van der Waals surface area contributed by atoms with Crippen LogP contribution in [0.5, 0.6) is 0 Å². The van der Waals surface area contributed by atoms with Gasteiger partial charge in [-0.1, -0.05) is 12.1 Å². The summed E-state index contributed by atoms with van der Waals surface area (Å²) >= 11 is 0. The summed E-state index contributed by atoms with van der Waals surface area (Å²) in [5.41, 5.74) is 1.09. The first-order chi connectivity index (χ1) is 8.99. The summed E-state index contributed by atoms with van der Waals surface area (Å²) in [6, 6.07) is 6.64. The average Bonchev–Trinajstić information content (AvgIpc) is 2.69. The number of aromatic carboxylic acids is 1. The van der Waals surface area contributed by atoms with Crippen molar-refractivity contribution in [2.75, 3.05) is 12.3 Å². The number of sulfone groups is 1. The second-order valence-electron chi connectivity index (χ2n) is 4.77. The molecule has 2 N–H and O–H groups in total. The molecule has 1 aliphatic rings. The van der Waals surface area contributed by atoms with Crippen molar-refractivity contribution in [1.29, 1.82) is 0 Å². The standard InChI is InChI=1S/C13H17NO4S/c15-13(16)11-4-1-3-10(7-11)8-14-9-12-5-2-6-19(12,17)18/h1,3-4,7,12,14H,2,5-6,8-9H2,(H,15,16). The van der Waals surface area contributed by atoms with E-state index in [1.54, 1.807) is 12.1 Å². The fourth-order valence-corrected chi connectivity index (χ4v) is 4.08. The molecule has 2 rings (SSSR count). The van der Waals surface area contributed by atoms with Crippen molar-refractivity contribution in [1.82, 2.24) is 5.32 Å². The molecule has 19 heavy (non-hydrogen) atoms. The van der Waals surface area contributed by atoms with E-state index in [4.69, 9.17) is 5.11 Å². The lowest BCUT2D eigenvalue weighted by molar-refractivity contribution is 0.0696. The minimum Gasteiger partial charge on any atom is -0.478 e. The zero-order valence-corrected chi connectivity index (χ0v) is 11.3. The summed E-state index contributed by atoms with van der Waals surface area (Å²) in [4.78, 5) is 10.8. The molecular formula is C13H17NO4S. The van der Waals surface area contributed by atoms with Crippen molar-refractivity contribution in [3.63, 3.8) is 0 Å². The van der Waals surface area contributed by atoms with Crippen LogP contribution in [0.1, 0.15) is 28.8 Å². The largest absolute Gasteiger partial charge is 0.478 e. The van der Waals surface area contributed by atoms with Gasteiger partial charge < -0.3 is 10.4 Å². The number of rotatable bonds is 5. The third-order valence-corrected chi connectivity index (χ3v) is 5.61. The van der Waals surface area contributed by atoms with Crippen molar-refractivity contribution in [2.45, 2.75) is 24.6 Å². The molecule has 104 valence electrons. The van der Waals surface area contributed by atoms with Crippen LogP contribution in [0.3, 0.4) is 0 Å². The molecule has 1 fully saturated rings. The van der Waals surface area contributed by atoms with Crippen LogP contribution in [0.25, 0.3) is 0 Å². The Balaban J connectivity index is 1.89. The van der Waals surface area contributed by atoms with E-state index in [0.717, 1.165) is 12.0 Å². The highest BCUT2D eigenvalue weighted by atomic mass is 32.2. The second-order valence-corrected chi connectivity index (χ2v) is 7.17. The SMILES string of the molecule is O=C(O)c1cccc(CNCC2CCCS2(=O)=O)c1. The number of hydrogen-bond donors (Lipinski definition) is 2. The van der Waals surface area contributed by atoms with Crippen LogP contribution in [0.4, 0.5) is 0 Å². The van der Waals surface area contributed by atoms with E-state index in [0.29, 0.717) is 19.5 Å². The molecule has 0 radical (unpaired) electrons. The Labute approximate surface area is 112 Å². The van der Waals surface area contributed by atoms with Gasteiger partial charge in [0.25, 0.3) is 0 Å². The fraction of sp³-hybridized carbons (Fsp3) is 0.462. The van der Waals surface area contributed by atoms with Gasteiger partial charge in [-0.15, -0.1) is 0 Å². The van der Waals surface area contributed by atoms with E-state index in [1.807, 2.05) is 6.07 Å². The average molecular weight is 283 g/mol. The van der Waals surface area contributed by atoms with E-state index in [2.05, 4.69) is 5.32 Å². The molecule has 1 heterocycles. The van der Waals surface area contributed by atoms with Gasteiger partial charge in [0.15, 0.2) is 9.84 Å². The van der Waals surface area contributed by atoms with Gasteiger partial charge in [0.05, 0.1) is 16.6 Å². The highest BCUT2D eigenvalue weighted by Crippen LogP contribution is 2.19. The quantitative estimate of drug-likeness (QED) is 0.844. The Bertz CT molecular complexity index is 568. The normalized spacial score (nSPS) is 21.4. The van der Waals surface area contributed by atoms with Gasteiger partial charge in [-0.2, -0.15) is 0 Å². The Morgan fingerprint density at radius 2 is 2.21 bits per heavy atom. The molecule has 6 heteroatoms. The first kappa shape index (κ1) is 14.0. The van der Waals surface area contributed by atoms with E-state index >= 15 is 0 Å². The maximum atomic E-state index is 11.6. The molecule has 0 spiro atoms. The third kappa shape index (κ3) is 3.54. The van der Waals surface area contributed by atoms with Gasteiger partial charge in [0.2, 0.25) is 0 Å². The van der Waals surface area contributed by atoms with Crippen LogP contribution in [-0.4, -0.2) is 37.0 Å². The molecule has 5 nitrogen and oxygen atoms in total. The highest BCUT2D eigenvalue weighted by Gasteiger charge is 2.30. The molecule has 0 saturated carbocycles. The van der Waals surface area contributed by atoms with E-state index in [-0.39, 0.29) is 16.6 Å². The first-order valence-corrected chi connectivity index (χ1v) is 7.95. The third-order valence-electron chi connectivity index (χ3n) is 3.34. The fourth-order valence-electron chi connectivity index (χ4n) is 2.28. The van der Waals surface area contributed by atoms with Crippen LogP contribution in [0.15, 0.2) is 24.3 Å². The van der Waals surface area contributed by atoms with Crippen LogP contribution in [-0.2, 0) is 16.4 Å². The molecule has 1 atom stereocenters. The van der Waals surface area contributed by atoms with Crippen LogP contribution >= 0.6 is 0 Å². The molecule has 0 aliphatic carbocycles. The molecule has 0 aromatic heterocycles. The van der Waals surface area contributed by atoms with Crippen molar-refractivity contribution in [2.24, 2.45) is 0 Å². The number of carboxylic acid groups (broad SMARTS) is 1. The summed E-state index contributed by atoms with van der Waals surface area (Å²) in [5.74, 6) is -0.673. The van der Waals surface area contributed by atoms with Gasteiger partial charge in [0, 0.05) is 13.1 Å². The minimum atomic E-state index is -2.92. The molecule has 1 aromatic carbocycles. The van der Waals surface area contributed by atoms with Gasteiger partial charge in [0.1, 0.15) is 0 Å². The van der Waals surface area contributed by atoms with Gasteiger partial charge in [-0.05, 0) is 30.5 Å². The van der Waals surface area contributed by atoms with E-state index < -0.39 is 15.8 Å². The number of nitrogens with one attached hydrogen (secondary N) is 1. The summed E-state index contributed by atoms with van der Waals surface area (Å²) < 4.78 is 23.3. The Hall–Kier alpha value is -1.40. The highest BCUT2D eigenvalue weighted by molar-refractivity contribution is 7.92. The molecule has 0 amide bonds. The molecule has 1 unspecified atom stereocenters. The van der Waals surface area contributed by atoms with Crippen molar-refractivity contribution < 1.29 is 18.3 Å². The molecule has 1 saturated heterocycles. The molecule has 0 bridgehead atoms. The monoisotopic (exact) mass is 283 g/mol. The topological polar surface area (TPSA) is 83.5 Å². The lowest BCUT2D eigenvalue weighted by Crippen LogP contribution is -2.30. The summed E-state index contributed by atoms with van der Waals surface area (Å²) in [7, 11) is -2.92. The number of carbonyl (C=O) groups is 1. The zero-order valence-electron chi connectivity index (χ0n) is 10.5. The maximum absolute atomic E-state index is 11.6. The maximum Gasteiger partial charge on any atom is 0.335 e. The Morgan fingerprint density at radius 1 is 1.42 bits per heavy atom.